The van der Waals surface area contributed by atoms with E-state index in [4.69, 9.17) is 4.42 Å². The molecule has 0 saturated heterocycles. The number of fused-ring (bicyclic) bond motifs is 1. The average molecular weight is 475 g/mol. The van der Waals surface area contributed by atoms with Crippen molar-refractivity contribution in [3.63, 3.8) is 0 Å². The number of aromatic nitrogens is 4. The molecule has 0 unspecified atom stereocenters. The predicted molar refractivity (Wildman–Crippen MR) is 124 cm³/mol. The van der Waals surface area contributed by atoms with Gasteiger partial charge in [0.2, 0.25) is 0 Å². The molecule has 170 valence electrons. The number of rotatable bonds is 6. The number of nitrogens with zero attached hydrogens (tertiary/aromatic N) is 3. The van der Waals surface area contributed by atoms with E-state index in [-0.39, 0.29) is 22.4 Å². The Bertz CT molecular complexity index is 1620. The van der Waals surface area contributed by atoms with Gasteiger partial charge in [-0.25, -0.2) is 22.9 Å². The van der Waals surface area contributed by atoms with E-state index in [9.17, 15) is 18.3 Å². The van der Waals surface area contributed by atoms with Gasteiger partial charge in [0.15, 0.2) is 0 Å². The fraction of sp³-hybridized carbons (Fsp3) is 0.0435. The number of H-pyrrole nitrogens is 1. The molecule has 3 aromatic carbocycles. The van der Waals surface area contributed by atoms with E-state index in [2.05, 4.69) is 24.9 Å². The van der Waals surface area contributed by atoms with Crippen molar-refractivity contribution in [1.82, 2.24) is 20.2 Å². The molecule has 0 atom stereocenters. The van der Waals surface area contributed by atoms with Crippen LogP contribution in [0.15, 0.2) is 76.0 Å². The van der Waals surface area contributed by atoms with E-state index >= 15 is 0 Å². The Kier molecular flexibility index (Phi) is 5.10. The van der Waals surface area contributed by atoms with E-state index in [1.807, 2.05) is 36.4 Å². The molecule has 5 rings (SSSR count). The van der Waals surface area contributed by atoms with Gasteiger partial charge in [-0.05, 0) is 42.8 Å². The standard InChI is InChI=1S/C23H17N5O5S/c1-13-10-11-14(12-17(13)22(29)30)34(31,32)28-23-27-26-21(33-23)16-7-3-2-6-15(16)20-24-18-8-4-5-9-19(18)25-20/h2-12H,1H3,(H,24,25)(H,27,28)(H,29,30). The highest BCUT2D eigenvalue weighted by Crippen LogP contribution is 2.32. The summed E-state index contributed by atoms with van der Waals surface area (Å²) in [6.45, 7) is 1.58. The maximum atomic E-state index is 12.8. The summed E-state index contributed by atoms with van der Waals surface area (Å²) < 4.78 is 33.3. The molecule has 0 bridgehead atoms. The first-order valence-corrected chi connectivity index (χ1v) is 11.5. The molecule has 0 aliphatic heterocycles. The van der Waals surface area contributed by atoms with Gasteiger partial charge in [0.1, 0.15) is 5.82 Å². The van der Waals surface area contributed by atoms with Crippen molar-refractivity contribution in [2.45, 2.75) is 11.8 Å². The molecule has 0 fully saturated rings. The molecule has 10 nitrogen and oxygen atoms in total. The lowest BCUT2D eigenvalue weighted by Crippen LogP contribution is -2.14. The molecule has 0 saturated carbocycles. The molecule has 0 spiro atoms. The van der Waals surface area contributed by atoms with Crippen LogP contribution in [0.4, 0.5) is 6.01 Å². The first-order valence-electron chi connectivity index (χ1n) is 10.1. The van der Waals surface area contributed by atoms with Crippen LogP contribution in [0.1, 0.15) is 15.9 Å². The fourth-order valence-electron chi connectivity index (χ4n) is 3.50. The van der Waals surface area contributed by atoms with Crippen LogP contribution in [0.2, 0.25) is 0 Å². The summed E-state index contributed by atoms with van der Waals surface area (Å²) in [5.74, 6) is -0.543. The van der Waals surface area contributed by atoms with E-state index in [0.29, 0.717) is 22.5 Å². The maximum absolute atomic E-state index is 12.8. The molecule has 11 heteroatoms. The SMILES string of the molecule is Cc1ccc(S(=O)(=O)Nc2nnc(-c3ccccc3-c3nc4ccccc4[nH]3)o2)cc1C(=O)O. The number of sulfonamides is 1. The zero-order valence-corrected chi connectivity index (χ0v) is 18.5. The Labute approximate surface area is 193 Å². The number of aromatic carboxylic acids is 1. The van der Waals surface area contributed by atoms with Crippen LogP contribution in [0.5, 0.6) is 0 Å². The lowest BCUT2D eigenvalue weighted by Gasteiger charge is -2.07. The molecule has 0 aliphatic carbocycles. The van der Waals surface area contributed by atoms with Gasteiger partial charge in [-0.3, -0.25) is 0 Å². The van der Waals surface area contributed by atoms with Gasteiger partial charge in [0, 0.05) is 11.1 Å². The molecule has 0 radical (unpaired) electrons. The Hall–Kier alpha value is -4.51. The monoisotopic (exact) mass is 475 g/mol. The van der Waals surface area contributed by atoms with Crippen LogP contribution in [0.3, 0.4) is 0 Å². The first-order chi connectivity index (χ1) is 16.3. The summed E-state index contributed by atoms with van der Waals surface area (Å²) in [7, 11) is -4.16. The lowest BCUT2D eigenvalue weighted by atomic mass is 10.1. The number of carbonyl (C=O) groups is 1. The van der Waals surface area contributed by atoms with Crippen molar-refractivity contribution in [2.75, 3.05) is 4.72 Å². The first kappa shape index (κ1) is 21.3. The number of imidazole rings is 1. The number of hydrogen-bond acceptors (Lipinski definition) is 7. The molecule has 2 aromatic heterocycles. The van der Waals surface area contributed by atoms with Gasteiger partial charge in [0.05, 0.1) is 21.5 Å². The molecular formula is C23H17N5O5S. The molecule has 2 heterocycles. The molecule has 0 amide bonds. The number of hydrogen-bond donors (Lipinski definition) is 3. The minimum absolute atomic E-state index is 0.0869. The maximum Gasteiger partial charge on any atom is 0.335 e. The number of aryl methyl sites for hydroxylation is 1. The van der Waals surface area contributed by atoms with Gasteiger partial charge < -0.3 is 14.5 Å². The summed E-state index contributed by atoms with van der Waals surface area (Å²) in [5.41, 5.74) is 3.24. The third kappa shape index (κ3) is 3.88. The number of carboxylic acids is 1. The topological polar surface area (TPSA) is 151 Å². The Balaban J connectivity index is 1.47. The Morgan fingerprint density at radius 1 is 1.00 bits per heavy atom. The van der Waals surface area contributed by atoms with Crippen molar-refractivity contribution in [3.05, 3.63) is 77.9 Å². The highest BCUT2D eigenvalue weighted by atomic mass is 32.2. The van der Waals surface area contributed by atoms with Crippen LogP contribution in [0.25, 0.3) is 33.9 Å². The molecule has 34 heavy (non-hydrogen) atoms. The third-order valence-electron chi connectivity index (χ3n) is 5.20. The van der Waals surface area contributed by atoms with Crippen LogP contribution in [0, 0.1) is 6.92 Å². The van der Waals surface area contributed by atoms with E-state index in [0.717, 1.165) is 17.1 Å². The van der Waals surface area contributed by atoms with Crippen molar-refractivity contribution in [1.29, 1.82) is 0 Å². The van der Waals surface area contributed by atoms with Crippen molar-refractivity contribution >= 4 is 33.0 Å². The summed E-state index contributed by atoms with van der Waals surface area (Å²) >= 11 is 0. The number of nitrogens with one attached hydrogen (secondary N) is 2. The number of anilines is 1. The number of para-hydroxylation sites is 2. The van der Waals surface area contributed by atoms with Crippen molar-refractivity contribution in [2.24, 2.45) is 0 Å². The number of carboxylic acid groups (broad SMARTS) is 1. The van der Waals surface area contributed by atoms with E-state index < -0.39 is 16.0 Å². The second-order valence-corrected chi connectivity index (χ2v) is 9.13. The molecule has 3 N–H and O–H groups in total. The Morgan fingerprint density at radius 2 is 1.74 bits per heavy atom. The second-order valence-electron chi connectivity index (χ2n) is 7.45. The highest BCUT2D eigenvalue weighted by Gasteiger charge is 2.22. The number of aromatic amines is 1. The fourth-order valence-corrected chi connectivity index (χ4v) is 4.45. The largest absolute Gasteiger partial charge is 0.478 e. The Morgan fingerprint density at radius 3 is 2.50 bits per heavy atom. The summed E-state index contributed by atoms with van der Waals surface area (Å²) in [6.07, 6.45) is 0. The predicted octanol–water partition coefficient (Wildman–Crippen LogP) is 4.09. The van der Waals surface area contributed by atoms with Gasteiger partial charge in [-0.15, -0.1) is 5.10 Å². The minimum atomic E-state index is -4.16. The third-order valence-corrected chi connectivity index (χ3v) is 6.52. The van der Waals surface area contributed by atoms with Crippen LogP contribution < -0.4 is 4.72 Å². The van der Waals surface area contributed by atoms with E-state index in [1.54, 1.807) is 19.1 Å². The van der Waals surface area contributed by atoms with Gasteiger partial charge in [0.25, 0.3) is 15.9 Å². The van der Waals surface area contributed by atoms with Crippen molar-refractivity contribution in [3.8, 4) is 22.8 Å². The van der Waals surface area contributed by atoms with Crippen LogP contribution in [-0.4, -0.2) is 39.7 Å². The highest BCUT2D eigenvalue weighted by molar-refractivity contribution is 7.92. The summed E-state index contributed by atoms with van der Waals surface area (Å²) in [4.78, 5) is 19.0. The minimum Gasteiger partial charge on any atom is -0.478 e. The summed E-state index contributed by atoms with van der Waals surface area (Å²) in [6, 6.07) is 18.3. The van der Waals surface area contributed by atoms with Gasteiger partial charge in [-0.2, -0.15) is 0 Å². The molecule has 5 aromatic rings. The van der Waals surface area contributed by atoms with Crippen LogP contribution in [-0.2, 0) is 10.0 Å². The van der Waals surface area contributed by atoms with Gasteiger partial charge in [-0.1, -0.05) is 41.5 Å². The quantitative estimate of drug-likeness (QED) is 0.332. The van der Waals surface area contributed by atoms with Gasteiger partial charge >= 0.3 is 12.0 Å². The van der Waals surface area contributed by atoms with Crippen molar-refractivity contribution < 1.29 is 22.7 Å². The zero-order chi connectivity index (χ0) is 23.9. The smallest absolute Gasteiger partial charge is 0.335 e. The normalized spacial score (nSPS) is 11.6. The van der Waals surface area contributed by atoms with Crippen LogP contribution >= 0.6 is 0 Å². The molecule has 0 aliphatic rings. The lowest BCUT2D eigenvalue weighted by molar-refractivity contribution is 0.0696. The average Bonchev–Trinajstić information content (AvgIpc) is 3.45. The summed E-state index contributed by atoms with van der Waals surface area (Å²) in [5, 5.41) is 17.1. The zero-order valence-electron chi connectivity index (χ0n) is 17.7. The second kappa shape index (κ2) is 8.12. The molecular weight excluding hydrogens is 458 g/mol. The number of benzene rings is 3. The van der Waals surface area contributed by atoms with E-state index in [1.165, 1.54) is 12.1 Å².